The molecule has 0 saturated carbocycles. The van der Waals surface area contributed by atoms with Crippen molar-refractivity contribution in [2.24, 2.45) is 11.7 Å². The van der Waals surface area contributed by atoms with Gasteiger partial charge in [0, 0.05) is 6.54 Å². The Hall–Kier alpha value is -2.20. The lowest BCUT2D eigenvalue weighted by atomic mass is 10.0. The molecule has 0 aromatic carbocycles. The topological polar surface area (TPSA) is 162 Å². The SMILES string of the molecule is CC(C)CC(N)C(=O)N1CCCC1C(=O)NC(C)C(=O)NC(CO)C(=O)O. The van der Waals surface area contributed by atoms with E-state index in [4.69, 9.17) is 15.9 Å². The number of amides is 3. The number of rotatable bonds is 9. The molecule has 10 nitrogen and oxygen atoms in total. The van der Waals surface area contributed by atoms with Crippen LogP contribution in [0.15, 0.2) is 0 Å². The molecular formula is C17H30N4O6. The highest BCUT2D eigenvalue weighted by Crippen LogP contribution is 2.20. The number of carbonyl (C=O) groups is 4. The first kappa shape index (κ1) is 22.8. The highest BCUT2D eigenvalue weighted by molar-refractivity contribution is 5.94. The van der Waals surface area contributed by atoms with Crippen LogP contribution < -0.4 is 16.4 Å². The van der Waals surface area contributed by atoms with Crippen LogP contribution in [-0.4, -0.2) is 76.1 Å². The molecule has 1 aliphatic heterocycles. The van der Waals surface area contributed by atoms with E-state index in [1.165, 1.54) is 11.8 Å². The van der Waals surface area contributed by atoms with Gasteiger partial charge < -0.3 is 31.5 Å². The number of aliphatic hydroxyl groups excluding tert-OH is 1. The van der Waals surface area contributed by atoms with Gasteiger partial charge in [0.2, 0.25) is 17.7 Å². The van der Waals surface area contributed by atoms with Crippen molar-refractivity contribution in [2.45, 2.75) is 64.2 Å². The molecule has 6 N–H and O–H groups in total. The second-order valence-electron chi connectivity index (χ2n) is 7.24. The Morgan fingerprint density at radius 2 is 1.81 bits per heavy atom. The largest absolute Gasteiger partial charge is 0.480 e. The normalized spacial score (nSPS) is 20.1. The fourth-order valence-corrected chi connectivity index (χ4v) is 2.98. The maximum absolute atomic E-state index is 12.5. The highest BCUT2D eigenvalue weighted by atomic mass is 16.4. The number of nitrogens with two attached hydrogens (primary N) is 1. The van der Waals surface area contributed by atoms with Gasteiger partial charge >= 0.3 is 5.97 Å². The van der Waals surface area contributed by atoms with E-state index in [1.54, 1.807) is 0 Å². The second-order valence-corrected chi connectivity index (χ2v) is 7.24. The van der Waals surface area contributed by atoms with E-state index in [-0.39, 0.29) is 11.8 Å². The molecule has 3 amide bonds. The predicted molar refractivity (Wildman–Crippen MR) is 96.4 cm³/mol. The summed E-state index contributed by atoms with van der Waals surface area (Å²) in [6.07, 6.45) is 1.64. The van der Waals surface area contributed by atoms with Crippen molar-refractivity contribution in [1.82, 2.24) is 15.5 Å². The Bertz CT molecular complexity index is 568. The van der Waals surface area contributed by atoms with Gasteiger partial charge in [0.1, 0.15) is 18.1 Å². The van der Waals surface area contributed by atoms with Crippen molar-refractivity contribution in [3.05, 3.63) is 0 Å². The van der Waals surface area contributed by atoms with Gasteiger partial charge in [-0.25, -0.2) is 4.79 Å². The standard InChI is InChI=1S/C17H30N4O6/c1-9(2)7-11(18)16(25)21-6-4-5-13(21)15(24)19-10(3)14(23)20-12(8-22)17(26)27/h9-13,22H,4-8,18H2,1-3H3,(H,19,24)(H,20,23)(H,26,27). The van der Waals surface area contributed by atoms with E-state index in [1.807, 2.05) is 13.8 Å². The van der Waals surface area contributed by atoms with Crippen molar-refractivity contribution in [3.8, 4) is 0 Å². The Kier molecular flexibility index (Phi) is 8.64. The van der Waals surface area contributed by atoms with Gasteiger partial charge in [0.05, 0.1) is 12.6 Å². The minimum atomic E-state index is -1.45. The van der Waals surface area contributed by atoms with E-state index in [0.717, 1.165) is 0 Å². The summed E-state index contributed by atoms with van der Waals surface area (Å²) in [7, 11) is 0. The molecule has 0 aliphatic carbocycles. The lowest BCUT2D eigenvalue weighted by molar-refractivity contribution is -0.143. The zero-order valence-corrected chi connectivity index (χ0v) is 16.0. The fourth-order valence-electron chi connectivity index (χ4n) is 2.98. The van der Waals surface area contributed by atoms with Gasteiger partial charge in [-0.1, -0.05) is 13.8 Å². The molecule has 0 aromatic heterocycles. The van der Waals surface area contributed by atoms with Crippen LogP contribution in [0.5, 0.6) is 0 Å². The van der Waals surface area contributed by atoms with Crippen LogP contribution in [0.4, 0.5) is 0 Å². The number of carboxylic acid groups (broad SMARTS) is 1. The third-order valence-electron chi connectivity index (χ3n) is 4.43. The van der Waals surface area contributed by atoms with Crippen LogP contribution in [-0.2, 0) is 19.2 Å². The molecule has 0 radical (unpaired) electrons. The Morgan fingerprint density at radius 3 is 2.33 bits per heavy atom. The molecule has 0 bridgehead atoms. The van der Waals surface area contributed by atoms with Crippen molar-refractivity contribution in [1.29, 1.82) is 0 Å². The van der Waals surface area contributed by atoms with E-state index < -0.39 is 48.6 Å². The van der Waals surface area contributed by atoms with Crippen LogP contribution >= 0.6 is 0 Å². The highest BCUT2D eigenvalue weighted by Gasteiger charge is 2.37. The lowest BCUT2D eigenvalue weighted by Gasteiger charge is -2.28. The van der Waals surface area contributed by atoms with Gasteiger partial charge in [-0.2, -0.15) is 0 Å². The number of aliphatic carboxylic acids is 1. The van der Waals surface area contributed by atoms with Gasteiger partial charge in [-0.15, -0.1) is 0 Å². The number of nitrogens with zero attached hydrogens (tertiary/aromatic N) is 1. The van der Waals surface area contributed by atoms with E-state index in [0.29, 0.717) is 25.8 Å². The number of likely N-dealkylation sites (tertiary alicyclic amines) is 1. The molecule has 1 saturated heterocycles. The molecule has 10 heteroatoms. The van der Waals surface area contributed by atoms with E-state index in [9.17, 15) is 19.2 Å². The fraction of sp³-hybridized carbons (Fsp3) is 0.765. The third kappa shape index (κ3) is 6.47. The molecule has 0 aromatic rings. The number of hydrogen-bond acceptors (Lipinski definition) is 6. The third-order valence-corrected chi connectivity index (χ3v) is 4.43. The summed E-state index contributed by atoms with van der Waals surface area (Å²) in [4.78, 5) is 49.4. The van der Waals surface area contributed by atoms with Gasteiger partial charge in [0.25, 0.3) is 0 Å². The number of hydrogen-bond donors (Lipinski definition) is 5. The van der Waals surface area contributed by atoms with E-state index in [2.05, 4.69) is 10.6 Å². The molecule has 4 unspecified atom stereocenters. The zero-order valence-electron chi connectivity index (χ0n) is 16.0. The van der Waals surface area contributed by atoms with Crippen LogP contribution in [0.25, 0.3) is 0 Å². The molecule has 1 aliphatic rings. The first-order valence-corrected chi connectivity index (χ1v) is 9.08. The summed E-state index contributed by atoms with van der Waals surface area (Å²) < 4.78 is 0. The smallest absolute Gasteiger partial charge is 0.328 e. The Labute approximate surface area is 158 Å². The monoisotopic (exact) mass is 386 g/mol. The van der Waals surface area contributed by atoms with Crippen molar-refractivity contribution in [2.75, 3.05) is 13.2 Å². The van der Waals surface area contributed by atoms with Gasteiger partial charge in [0.15, 0.2) is 0 Å². The zero-order chi connectivity index (χ0) is 20.7. The van der Waals surface area contributed by atoms with Crippen molar-refractivity contribution in [3.63, 3.8) is 0 Å². The summed E-state index contributed by atoms with van der Waals surface area (Å²) in [6.45, 7) is 4.97. The average molecular weight is 386 g/mol. The minimum Gasteiger partial charge on any atom is -0.480 e. The van der Waals surface area contributed by atoms with Crippen LogP contribution in [0.2, 0.25) is 0 Å². The minimum absolute atomic E-state index is 0.247. The molecule has 1 fully saturated rings. The molecule has 1 rings (SSSR count). The second kappa shape index (κ2) is 10.2. The van der Waals surface area contributed by atoms with Gasteiger partial charge in [-0.3, -0.25) is 14.4 Å². The van der Waals surface area contributed by atoms with Crippen molar-refractivity contribution < 1.29 is 29.4 Å². The van der Waals surface area contributed by atoms with Crippen LogP contribution in [0.3, 0.4) is 0 Å². The molecule has 154 valence electrons. The Balaban J connectivity index is 2.67. The summed E-state index contributed by atoms with van der Waals surface area (Å²) in [5, 5.41) is 22.4. The summed E-state index contributed by atoms with van der Waals surface area (Å²) in [5.74, 6) is -2.65. The molecule has 0 spiro atoms. The molecule has 4 atom stereocenters. The average Bonchev–Trinajstić information content (AvgIpc) is 3.07. The maximum atomic E-state index is 12.5. The van der Waals surface area contributed by atoms with Crippen LogP contribution in [0.1, 0.15) is 40.0 Å². The number of carboxylic acids is 1. The molecule has 1 heterocycles. The number of carbonyl (C=O) groups excluding carboxylic acids is 3. The number of aliphatic hydroxyl groups is 1. The van der Waals surface area contributed by atoms with Crippen LogP contribution in [0, 0.1) is 5.92 Å². The quantitative estimate of drug-likeness (QED) is 0.319. The molecular weight excluding hydrogens is 356 g/mol. The predicted octanol–water partition coefficient (Wildman–Crippen LogP) is -1.58. The van der Waals surface area contributed by atoms with Gasteiger partial charge in [-0.05, 0) is 32.1 Å². The summed E-state index contributed by atoms with van der Waals surface area (Å²) in [5.41, 5.74) is 5.94. The maximum Gasteiger partial charge on any atom is 0.328 e. The van der Waals surface area contributed by atoms with E-state index >= 15 is 0 Å². The molecule has 27 heavy (non-hydrogen) atoms. The summed E-state index contributed by atoms with van der Waals surface area (Å²) in [6, 6.07) is -3.86. The first-order chi connectivity index (χ1) is 12.6. The van der Waals surface area contributed by atoms with Crippen molar-refractivity contribution >= 4 is 23.7 Å². The first-order valence-electron chi connectivity index (χ1n) is 9.08. The lowest BCUT2D eigenvalue weighted by Crippen LogP contribution is -2.56. The summed E-state index contributed by atoms with van der Waals surface area (Å²) >= 11 is 0. The number of nitrogens with one attached hydrogen (secondary N) is 2. The Morgan fingerprint density at radius 1 is 1.19 bits per heavy atom.